The molecule has 0 saturated heterocycles. The molecule has 100 valence electrons. The Bertz CT molecular complexity index is 383. The molecule has 0 aliphatic heterocycles. The van der Waals surface area contributed by atoms with Crippen LogP contribution in [0.5, 0.6) is 0 Å². The van der Waals surface area contributed by atoms with Crippen LogP contribution >= 0.6 is 0 Å². The molecule has 0 bridgehead atoms. The van der Waals surface area contributed by atoms with E-state index in [1.54, 1.807) is 12.1 Å². The van der Waals surface area contributed by atoms with Crippen LogP contribution < -0.4 is 5.32 Å². The second-order valence-corrected chi connectivity index (χ2v) is 5.22. The van der Waals surface area contributed by atoms with Gasteiger partial charge in [0, 0.05) is 17.6 Å². The Hall–Kier alpha value is -0.930. The van der Waals surface area contributed by atoms with E-state index in [9.17, 15) is 9.50 Å². The second kappa shape index (κ2) is 6.30. The third-order valence-corrected chi connectivity index (χ3v) is 3.82. The van der Waals surface area contributed by atoms with Gasteiger partial charge in [-0.1, -0.05) is 37.5 Å². The summed E-state index contributed by atoms with van der Waals surface area (Å²) in [6.07, 6.45) is 4.93. The summed E-state index contributed by atoms with van der Waals surface area (Å²) in [7, 11) is 0. The van der Waals surface area contributed by atoms with E-state index in [0.717, 1.165) is 25.7 Å². The second-order valence-electron chi connectivity index (χ2n) is 5.22. The first-order chi connectivity index (χ1) is 8.68. The maximum Gasteiger partial charge on any atom is 0.127 e. The van der Waals surface area contributed by atoms with Gasteiger partial charge in [-0.3, -0.25) is 0 Å². The lowest BCUT2D eigenvalue weighted by atomic mass is 10.0. The number of aliphatic hydroxyl groups excluding tert-OH is 1. The van der Waals surface area contributed by atoms with Crippen LogP contribution in [-0.4, -0.2) is 17.3 Å². The summed E-state index contributed by atoms with van der Waals surface area (Å²) >= 11 is 0. The zero-order valence-corrected chi connectivity index (χ0v) is 10.9. The molecule has 2 N–H and O–H groups in total. The molecule has 0 aromatic heterocycles. The van der Waals surface area contributed by atoms with Crippen LogP contribution in [-0.2, 0) is 0 Å². The van der Waals surface area contributed by atoms with Crippen LogP contribution in [0, 0.1) is 5.82 Å². The van der Waals surface area contributed by atoms with E-state index >= 15 is 0 Å². The van der Waals surface area contributed by atoms with Crippen LogP contribution in [0.4, 0.5) is 4.39 Å². The molecule has 0 heterocycles. The Kier molecular flexibility index (Phi) is 4.72. The first-order valence-electron chi connectivity index (χ1n) is 6.87. The number of halogens is 1. The fraction of sp³-hybridized carbons (Fsp3) is 0.600. The number of aliphatic hydroxyl groups is 1. The summed E-state index contributed by atoms with van der Waals surface area (Å²) in [4.78, 5) is 0. The van der Waals surface area contributed by atoms with Crippen molar-refractivity contribution in [1.82, 2.24) is 5.32 Å². The van der Waals surface area contributed by atoms with Crippen molar-refractivity contribution in [2.75, 3.05) is 0 Å². The molecule has 1 aromatic rings. The summed E-state index contributed by atoms with van der Waals surface area (Å²) in [5.41, 5.74) is 0.675. The van der Waals surface area contributed by atoms with Crippen molar-refractivity contribution in [3.05, 3.63) is 35.6 Å². The number of hydrogen-bond acceptors (Lipinski definition) is 2. The highest BCUT2D eigenvalue weighted by Crippen LogP contribution is 2.22. The predicted octanol–water partition coefficient (Wildman–Crippen LogP) is 3.17. The van der Waals surface area contributed by atoms with E-state index in [2.05, 4.69) is 5.32 Å². The zero-order chi connectivity index (χ0) is 13.0. The van der Waals surface area contributed by atoms with Gasteiger partial charge in [-0.2, -0.15) is 0 Å². The molecule has 1 saturated carbocycles. The molecule has 18 heavy (non-hydrogen) atoms. The quantitative estimate of drug-likeness (QED) is 0.809. The number of rotatable bonds is 3. The zero-order valence-electron chi connectivity index (χ0n) is 10.9. The highest BCUT2D eigenvalue weighted by Gasteiger charge is 2.23. The first kappa shape index (κ1) is 13.5. The molecule has 3 heteroatoms. The third kappa shape index (κ3) is 3.30. The number of benzene rings is 1. The van der Waals surface area contributed by atoms with Gasteiger partial charge in [-0.05, 0) is 25.8 Å². The standard InChI is InChI=1S/C15H22FNO/c1-11(12-7-5-6-8-13(12)16)17-14-9-3-2-4-10-15(14)18/h5-8,11,14-15,17-18H,2-4,9-10H2,1H3/t11-,14?,15?/m1/s1. The topological polar surface area (TPSA) is 32.3 Å². The molecule has 2 nitrogen and oxygen atoms in total. The van der Waals surface area contributed by atoms with Gasteiger partial charge in [0.2, 0.25) is 0 Å². The van der Waals surface area contributed by atoms with Crippen molar-refractivity contribution >= 4 is 0 Å². The molecule has 0 spiro atoms. The van der Waals surface area contributed by atoms with Gasteiger partial charge in [0.15, 0.2) is 0 Å². The normalized spacial score (nSPS) is 26.6. The Morgan fingerprint density at radius 1 is 1.22 bits per heavy atom. The smallest absolute Gasteiger partial charge is 0.127 e. The van der Waals surface area contributed by atoms with Crippen molar-refractivity contribution < 1.29 is 9.50 Å². The summed E-state index contributed by atoms with van der Waals surface area (Å²) in [5.74, 6) is -0.180. The SMILES string of the molecule is C[C@@H](NC1CCCCCC1O)c1ccccc1F. The molecule has 1 aliphatic carbocycles. The van der Waals surface area contributed by atoms with E-state index < -0.39 is 0 Å². The Balaban J connectivity index is 2.02. The molecule has 1 aromatic carbocycles. The van der Waals surface area contributed by atoms with Crippen molar-refractivity contribution in [2.24, 2.45) is 0 Å². The average Bonchev–Trinajstić information content (AvgIpc) is 2.55. The maximum absolute atomic E-state index is 13.7. The molecule has 1 aliphatic rings. The van der Waals surface area contributed by atoms with Gasteiger partial charge < -0.3 is 10.4 Å². The summed E-state index contributed by atoms with van der Waals surface area (Å²) in [6.45, 7) is 1.95. The minimum Gasteiger partial charge on any atom is -0.392 e. The molecule has 2 rings (SSSR count). The van der Waals surface area contributed by atoms with Gasteiger partial charge in [0.05, 0.1) is 6.10 Å². The van der Waals surface area contributed by atoms with Crippen molar-refractivity contribution in [2.45, 2.75) is 57.2 Å². The summed E-state index contributed by atoms with van der Waals surface area (Å²) in [5, 5.41) is 13.4. The van der Waals surface area contributed by atoms with Gasteiger partial charge in [0.1, 0.15) is 5.82 Å². The van der Waals surface area contributed by atoms with E-state index in [0.29, 0.717) is 5.56 Å². The lowest BCUT2D eigenvalue weighted by molar-refractivity contribution is 0.114. The molecular formula is C15H22FNO. The van der Waals surface area contributed by atoms with Gasteiger partial charge in [-0.15, -0.1) is 0 Å². The van der Waals surface area contributed by atoms with Gasteiger partial charge in [0.25, 0.3) is 0 Å². The van der Waals surface area contributed by atoms with Crippen LogP contribution in [0.15, 0.2) is 24.3 Å². The monoisotopic (exact) mass is 251 g/mol. The molecule has 0 radical (unpaired) electrons. The van der Waals surface area contributed by atoms with Gasteiger partial charge >= 0.3 is 0 Å². The van der Waals surface area contributed by atoms with Crippen LogP contribution in [0.25, 0.3) is 0 Å². The third-order valence-electron chi connectivity index (χ3n) is 3.82. The highest BCUT2D eigenvalue weighted by molar-refractivity contribution is 5.20. The molecule has 0 amide bonds. The van der Waals surface area contributed by atoms with E-state index in [1.807, 2.05) is 13.0 Å². The van der Waals surface area contributed by atoms with Crippen LogP contribution in [0.3, 0.4) is 0 Å². The fourth-order valence-electron chi connectivity index (χ4n) is 2.72. The van der Waals surface area contributed by atoms with Gasteiger partial charge in [-0.25, -0.2) is 4.39 Å². The fourth-order valence-corrected chi connectivity index (χ4v) is 2.72. The van der Waals surface area contributed by atoms with Crippen molar-refractivity contribution in [3.63, 3.8) is 0 Å². The highest BCUT2D eigenvalue weighted by atomic mass is 19.1. The number of nitrogens with one attached hydrogen (secondary N) is 1. The lowest BCUT2D eigenvalue weighted by Crippen LogP contribution is -2.40. The van der Waals surface area contributed by atoms with Crippen molar-refractivity contribution in [3.8, 4) is 0 Å². The molecule has 1 fully saturated rings. The average molecular weight is 251 g/mol. The van der Waals surface area contributed by atoms with E-state index in [-0.39, 0.29) is 24.0 Å². The maximum atomic E-state index is 13.7. The van der Waals surface area contributed by atoms with E-state index in [1.165, 1.54) is 12.5 Å². The largest absolute Gasteiger partial charge is 0.392 e. The lowest BCUT2D eigenvalue weighted by Gasteiger charge is -2.26. The van der Waals surface area contributed by atoms with Crippen LogP contribution in [0.1, 0.15) is 50.6 Å². The Morgan fingerprint density at radius 2 is 1.94 bits per heavy atom. The van der Waals surface area contributed by atoms with Crippen LogP contribution in [0.2, 0.25) is 0 Å². The first-order valence-corrected chi connectivity index (χ1v) is 6.87. The summed E-state index contributed by atoms with van der Waals surface area (Å²) in [6, 6.07) is 6.85. The Labute approximate surface area is 108 Å². The summed E-state index contributed by atoms with van der Waals surface area (Å²) < 4.78 is 13.7. The minimum atomic E-state index is -0.304. The van der Waals surface area contributed by atoms with E-state index in [4.69, 9.17) is 0 Å². The van der Waals surface area contributed by atoms with Crippen molar-refractivity contribution in [1.29, 1.82) is 0 Å². The molecular weight excluding hydrogens is 229 g/mol. The Morgan fingerprint density at radius 3 is 2.72 bits per heavy atom. The molecule has 3 atom stereocenters. The molecule has 2 unspecified atom stereocenters. The minimum absolute atomic E-state index is 0.0658. The predicted molar refractivity (Wildman–Crippen MR) is 70.8 cm³/mol. The number of hydrogen-bond donors (Lipinski definition) is 2.